The molecule has 0 atom stereocenters. The molecule has 2 rings (SSSR count). The number of hydrogen-bond acceptors (Lipinski definition) is 1. The molecule has 0 fully saturated rings. The summed E-state index contributed by atoms with van der Waals surface area (Å²) < 4.78 is 12.9. The number of fused-ring (bicyclic) bond motifs is 1. The van der Waals surface area contributed by atoms with Crippen LogP contribution in [-0.2, 0) is 11.2 Å². The number of benzene rings is 1. The smallest absolute Gasteiger partial charge is 0.241 e. The van der Waals surface area contributed by atoms with Crippen LogP contribution in [0.1, 0.15) is 17.5 Å². The second-order valence-corrected chi connectivity index (χ2v) is 3.37. The molecule has 1 aromatic carbocycles. The molecule has 1 aromatic rings. The summed E-state index contributed by atoms with van der Waals surface area (Å²) in [6.07, 6.45) is 3.00. The second-order valence-electron chi connectivity index (χ2n) is 3.37. The molecule has 0 spiro atoms. The minimum atomic E-state index is -0.475. The standard InChI is InChI=1S/C11H10FNO/c12-9-4-3-7-1-2-8(5-11(13)14)10(7)6-9/h3-6H,1-2H2,(H2,13,14)/b8-5-. The maximum Gasteiger partial charge on any atom is 0.241 e. The molecule has 0 bridgehead atoms. The van der Waals surface area contributed by atoms with Crippen LogP contribution in [0, 0.1) is 5.82 Å². The van der Waals surface area contributed by atoms with Crippen molar-refractivity contribution in [1.29, 1.82) is 0 Å². The van der Waals surface area contributed by atoms with E-state index in [0.29, 0.717) is 0 Å². The van der Waals surface area contributed by atoms with Crippen LogP contribution in [0.4, 0.5) is 4.39 Å². The summed E-state index contributed by atoms with van der Waals surface area (Å²) in [6.45, 7) is 0. The lowest BCUT2D eigenvalue weighted by atomic mass is 10.1. The summed E-state index contributed by atoms with van der Waals surface area (Å²) >= 11 is 0. The van der Waals surface area contributed by atoms with Crippen LogP contribution in [0.15, 0.2) is 24.3 Å². The molecular weight excluding hydrogens is 181 g/mol. The number of halogens is 1. The Morgan fingerprint density at radius 3 is 2.93 bits per heavy atom. The fraction of sp³-hybridized carbons (Fsp3) is 0.182. The Kier molecular flexibility index (Phi) is 2.08. The van der Waals surface area contributed by atoms with Gasteiger partial charge in [0.05, 0.1) is 0 Å². The first-order valence-electron chi connectivity index (χ1n) is 4.45. The first-order valence-corrected chi connectivity index (χ1v) is 4.45. The fourth-order valence-corrected chi connectivity index (χ4v) is 1.79. The van der Waals surface area contributed by atoms with Crippen molar-refractivity contribution in [2.45, 2.75) is 12.8 Å². The van der Waals surface area contributed by atoms with Crippen LogP contribution in [0.25, 0.3) is 5.57 Å². The minimum absolute atomic E-state index is 0.277. The zero-order valence-electron chi connectivity index (χ0n) is 7.59. The van der Waals surface area contributed by atoms with Gasteiger partial charge < -0.3 is 5.73 Å². The van der Waals surface area contributed by atoms with E-state index < -0.39 is 5.91 Å². The summed E-state index contributed by atoms with van der Waals surface area (Å²) in [5, 5.41) is 0. The normalized spacial score (nSPS) is 17.1. The van der Waals surface area contributed by atoms with Gasteiger partial charge in [0.15, 0.2) is 0 Å². The van der Waals surface area contributed by atoms with Gasteiger partial charge in [-0.05, 0) is 41.7 Å². The molecule has 1 aliphatic rings. The predicted octanol–water partition coefficient (Wildman–Crippen LogP) is 1.64. The zero-order chi connectivity index (χ0) is 10.1. The van der Waals surface area contributed by atoms with E-state index in [1.807, 2.05) is 0 Å². The molecule has 72 valence electrons. The molecule has 1 amide bonds. The Morgan fingerprint density at radius 1 is 1.43 bits per heavy atom. The van der Waals surface area contributed by atoms with Crippen LogP contribution in [0.3, 0.4) is 0 Å². The van der Waals surface area contributed by atoms with Crippen molar-refractivity contribution in [2.75, 3.05) is 0 Å². The number of aryl methyl sites for hydroxylation is 1. The highest BCUT2D eigenvalue weighted by molar-refractivity contribution is 5.95. The number of carbonyl (C=O) groups is 1. The van der Waals surface area contributed by atoms with E-state index in [4.69, 9.17) is 5.73 Å². The van der Waals surface area contributed by atoms with Crippen LogP contribution in [0.5, 0.6) is 0 Å². The van der Waals surface area contributed by atoms with Gasteiger partial charge in [-0.3, -0.25) is 4.79 Å². The summed E-state index contributed by atoms with van der Waals surface area (Å²) in [4.78, 5) is 10.7. The Labute approximate surface area is 81.2 Å². The van der Waals surface area contributed by atoms with E-state index in [9.17, 15) is 9.18 Å². The molecule has 14 heavy (non-hydrogen) atoms. The van der Waals surface area contributed by atoms with Crippen molar-refractivity contribution < 1.29 is 9.18 Å². The summed E-state index contributed by atoms with van der Waals surface area (Å²) in [6, 6.07) is 4.65. The van der Waals surface area contributed by atoms with Gasteiger partial charge in [0, 0.05) is 6.08 Å². The maximum absolute atomic E-state index is 12.9. The Hall–Kier alpha value is -1.64. The van der Waals surface area contributed by atoms with Crippen LogP contribution in [0.2, 0.25) is 0 Å². The number of primary amides is 1. The summed E-state index contributed by atoms with van der Waals surface area (Å²) in [5.74, 6) is -0.752. The lowest BCUT2D eigenvalue weighted by Crippen LogP contribution is -2.06. The maximum atomic E-state index is 12.9. The molecule has 0 saturated heterocycles. The van der Waals surface area contributed by atoms with Gasteiger partial charge in [0.2, 0.25) is 5.91 Å². The highest BCUT2D eigenvalue weighted by Gasteiger charge is 2.16. The van der Waals surface area contributed by atoms with E-state index >= 15 is 0 Å². The lowest BCUT2D eigenvalue weighted by molar-refractivity contribution is -0.113. The van der Waals surface area contributed by atoms with E-state index in [1.54, 1.807) is 6.07 Å². The number of carbonyl (C=O) groups excluding carboxylic acids is 1. The van der Waals surface area contributed by atoms with Gasteiger partial charge in [-0.25, -0.2) is 4.39 Å². The zero-order valence-corrected chi connectivity index (χ0v) is 7.59. The SMILES string of the molecule is NC(=O)/C=C1/CCc2ccc(F)cc21. The van der Waals surface area contributed by atoms with Crippen molar-refractivity contribution >= 4 is 11.5 Å². The minimum Gasteiger partial charge on any atom is -0.366 e. The van der Waals surface area contributed by atoms with Crippen molar-refractivity contribution in [3.05, 3.63) is 41.2 Å². The molecule has 0 radical (unpaired) electrons. The van der Waals surface area contributed by atoms with E-state index in [2.05, 4.69) is 0 Å². The third-order valence-corrected chi connectivity index (χ3v) is 2.40. The molecule has 0 heterocycles. The fourth-order valence-electron chi connectivity index (χ4n) is 1.79. The second kappa shape index (κ2) is 3.25. The number of amides is 1. The van der Waals surface area contributed by atoms with Crippen molar-refractivity contribution in [3.63, 3.8) is 0 Å². The number of rotatable bonds is 1. The third kappa shape index (κ3) is 1.53. The van der Waals surface area contributed by atoms with E-state index in [0.717, 1.165) is 29.5 Å². The Bertz CT molecular complexity index is 423. The molecular formula is C11H10FNO. The third-order valence-electron chi connectivity index (χ3n) is 2.40. The van der Waals surface area contributed by atoms with Gasteiger partial charge in [-0.15, -0.1) is 0 Å². The first kappa shape index (κ1) is 8.94. The van der Waals surface area contributed by atoms with E-state index in [-0.39, 0.29) is 5.82 Å². The van der Waals surface area contributed by atoms with Crippen LogP contribution >= 0.6 is 0 Å². The number of hydrogen-bond donors (Lipinski definition) is 1. The lowest BCUT2D eigenvalue weighted by Gasteiger charge is -1.99. The van der Waals surface area contributed by atoms with Crippen molar-refractivity contribution in [1.82, 2.24) is 0 Å². The largest absolute Gasteiger partial charge is 0.366 e. The van der Waals surface area contributed by atoms with Crippen molar-refractivity contribution in [2.24, 2.45) is 5.73 Å². The molecule has 2 N–H and O–H groups in total. The topological polar surface area (TPSA) is 43.1 Å². The van der Waals surface area contributed by atoms with Gasteiger partial charge in [-0.1, -0.05) is 6.07 Å². The molecule has 0 aromatic heterocycles. The van der Waals surface area contributed by atoms with E-state index in [1.165, 1.54) is 18.2 Å². The van der Waals surface area contributed by atoms with Crippen LogP contribution < -0.4 is 5.73 Å². The van der Waals surface area contributed by atoms with Gasteiger partial charge in [0.25, 0.3) is 0 Å². The number of allylic oxidation sites excluding steroid dienone is 1. The molecule has 2 nitrogen and oxygen atoms in total. The van der Waals surface area contributed by atoms with Gasteiger partial charge in [0.1, 0.15) is 5.82 Å². The average molecular weight is 191 g/mol. The molecule has 0 unspecified atom stereocenters. The molecule has 0 saturated carbocycles. The first-order chi connectivity index (χ1) is 6.66. The highest BCUT2D eigenvalue weighted by Crippen LogP contribution is 2.32. The Balaban J connectivity index is 2.48. The summed E-state index contributed by atoms with van der Waals surface area (Å²) in [5.41, 5.74) is 7.80. The van der Waals surface area contributed by atoms with Gasteiger partial charge >= 0.3 is 0 Å². The van der Waals surface area contributed by atoms with Crippen molar-refractivity contribution in [3.8, 4) is 0 Å². The highest BCUT2D eigenvalue weighted by atomic mass is 19.1. The predicted molar refractivity (Wildman–Crippen MR) is 51.9 cm³/mol. The quantitative estimate of drug-likeness (QED) is 0.674. The molecule has 1 aliphatic carbocycles. The van der Waals surface area contributed by atoms with Gasteiger partial charge in [-0.2, -0.15) is 0 Å². The monoisotopic (exact) mass is 191 g/mol. The average Bonchev–Trinajstić information content (AvgIpc) is 2.47. The Morgan fingerprint density at radius 2 is 2.21 bits per heavy atom. The number of nitrogens with two attached hydrogens (primary N) is 1. The summed E-state index contributed by atoms with van der Waals surface area (Å²) in [7, 11) is 0. The van der Waals surface area contributed by atoms with Crippen LogP contribution in [-0.4, -0.2) is 5.91 Å². The molecule has 0 aliphatic heterocycles. The molecule has 3 heteroatoms.